The maximum absolute atomic E-state index is 11.1. The van der Waals surface area contributed by atoms with Crippen LogP contribution in [0.25, 0.3) is 0 Å². The van der Waals surface area contributed by atoms with Gasteiger partial charge in [0.2, 0.25) is 0 Å². The van der Waals surface area contributed by atoms with Crippen LogP contribution in [0.5, 0.6) is 0 Å². The fourth-order valence-corrected chi connectivity index (χ4v) is 0.959. The average Bonchev–Trinajstić information content (AvgIpc) is 2.67. The molecule has 0 atom stereocenters. The molecule has 1 saturated carbocycles. The molecular weight excluding hydrogens is 140 g/mol. The summed E-state index contributed by atoms with van der Waals surface area (Å²) in [6, 6.07) is 0. The molecule has 0 spiro atoms. The Morgan fingerprint density at radius 1 is 1.73 bits per heavy atom. The number of rotatable bonds is 4. The molecule has 1 fully saturated rings. The quantitative estimate of drug-likeness (QED) is 0.478. The van der Waals surface area contributed by atoms with Gasteiger partial charge in [0, 0.05) is 12.1 Å². The molecule has 0 saturated heterocycles. The summed E-state index contributed by atoms with van der Waals surface area (Å²) in [5.74, 6) is 6.06. The summed E-state index contributed by atoms with van der Waals surface area (Å²) < 4.78 is 0. The van der Waals surface area contributed by atoms with Crippen LogP contribution in [0.15, 0.2) is 12.3 Å². The Balaban J connectivity index is 2.22. The first kappa shape index (κ1) is 8.27. The van der Waals surface area contributed by atoms with E-state index in [1.165, 1.54) is 5.01 Å². The second kappa shape index (κ2) is 3.53. The van der Waals surface area contributed by atoms with Gasteiger partial charge in [0.05, 0.1) is 6.54 Å². The maximum Gasteiger partial charge on any atom is 0.156 e. The smallest absolute Gasteiger partial charge is 0.156 e. The van der Waals surface area contributed by atoms with Crippen molar-refractivity contribution in [1.29, 1.82) is 0 Å². The van der Waals surface area contributed by atoms with Crippen molar-refractivity contribution >= 4 is 5.78 Å². The van der Waals surface area contributed by atoms with E-state index in [0.717, 1.165) is 12.8 Å². The van der Waals surface area contributed by atoms with Crippen molar-refractivity contribution in [3.8, 4) is 0 Å². The summed E-state index contributed by atoms with van der Waals surface area (Å²) in [7, 11) is 0. The number of Topliss-reactive ketones (excluding diaryl/α,β-unsaturated/α-hetero) is 1. The van der Waals surface area contributed by atoms with E-state index in [2.05, 4.69) is 0 Å². The van der Waals surface area contributed by atoms with Crippen LogP contribution >= 0.6 is 0 Å². The Hall–Kier alpha value is -0.830. The number of nitrogens with zero attached hydrogens (tertiary/aromatic N) is 1. The lowest BCUT2D eigenvalue weighted by Crippen LogP contribution is -2.31. The lowest BCUT2D eigenvalue weighted by molar-refractivity contribution is -0.120. The zero-order valence-electron chi connectivity index (χ0n) is 6.79. The summed E-state index contributed by atoms with van der Waals surface area (Å²) in [5, 5.41) is 1.43. The predicted octanol–water partition coefficient (Wildman–Crippen LogP) is 0.675. The molecule has 0 aliphatic heterocycles. The molecule has 0 radical (unpaired) electrons. The molecule has 1 aliphatic carbocycles. The number of carbonyl (C=O) groups is 1. The van der Waals surface area contributed by atoms with Crippen LogP contribution in [-0.2, 0) is 4.79 Å². The van der Waals surface area contributed by atoms with Gasteiger partial charge in [-0.1, -0.05) is 6.08 Å². The highest BCUT2D eigenvalue weighted by atomic mass is 16.1. The molecule has 3 nitrogen and oxygen atoms in total. The first-order chi connectivity index (χ1) is 5.24. The SMILES string of the molecule is C/C=C\N(N)CC(=O)C1CC1. The van der Waals surface area contributed by atoms with Crippen LogP contribution in [0.2, 0.25) is 0 Å². The normalized spacial score (nSPS) is 17.3. The minimum absolute atomic E-state index is 0.269. The molecule has 0 aromatic rings. The van der Waals surface area contributed by atoms with E-state index >= 15 is 0 Å². The van der Waals surface area contributed by atoms with Gasteiger partial charge >= 0.3 is 0 Å². The molecule has 11 heavy (non-hydrogen) atoms. The first-order valence-electron chi connectivity index (χ1n) is 3.91. The van der Waals surface area contributed by atoms with Gasteiger partial charge in [0.25, 0.3) is 0 Å². The van der Waals surface area contributed by atoms with Crippen molar-refractivity contribution in [3.05, 3.63) is 12.3 Å². The topological polar surface area (TPSA) is 46.3 Å². The summed E-state index contributed by atoms with van der Waals surface area (Å²) in [6.07, 6.45) is 5.64. The van der Waals surface area contributed by atoms with Crippen LogP contribution in [0, 0.1) is 5.92 Å². The monoisotopic (exact) mass is 154 g/mol. The number of allylic oxidation sites excluding steroid dienone is 1. The fraction of sp³-hybridized carbons (Fsp3) is 0.625. The Kier molecular flexibility index (Phi) is 2.65. The first-order valence-corrected chi connectivity index (χ1v) is 3.91. The highest BCUT2D eigenvalue weighted by molar-refractivity contribution is 5.85. The van der Waals surface area contributed by atoms with E-state index in [1.807, 2.05) is 13.0 Å². The molecule has 0 aromatic heterocycles. The van der Waals surface area contributed by atoms with E-state index in [1.54, 1.807) is 6.20 Å². The largest absolute Gasteiger partial charge is 0.311 e. The number of hydrogen-bond acceptors (Lipinski definition) is 3. The van der Waals surface area contributed by atoms with E-state index in [-0.39, 0.29) is 5.78 Å². The zero-order chi connectivity index (χ0) is 8.27. The molecule has 0 heterocycles. The number of hydrogen-bond donors (Lipinski definition) is 1. The third-order valence-corrected chi connectivity index (χ3v) is 1.71. The van der Waals surface area contributed by atoms with Crippen molar-refractivity contribution in [3.63, 3.8) is 0 Å². The van der Waals surface area contributed by atoms with Crippen molar-refractivity contribution < 1.29 is 4.79 Å². The van der Waals surface area contributed by atoms with Crippen molar-refractivity contribution in [2.45, 2.75) is 19.8 Å². The van der Waals surface area contributed by atoms with E-state index in [4.69, 9.17) is 5.84 Å². The van der Waals surface area contributed by atoms with Gasteiger partial charge < -0.3 is 5.01 Å². The number of hydrazine groups is 1. The van der Waals surface area contributed by atoms with Crippen molar-refractivity contribution in [1.82, 2.24) is 5.01 Å². The summed E-state index contributed by atoms with van der Waals surface area (Å²) >= 11 is 0. The summed E-state index contributed by atoms with van der Waals surface area (Å²) in [4.78, 5) is 11.1. The van der Waals surface area contributed by atoms with Gasteiger partial charge in [0.15, 0.2) is 5.78 Å². The van der Waals surface area contributed by atoms with Gasteiger partial charge in [-0.2, -0.15) is 0 Å². The van der Waals surface area contributed by atoms with E-state index in [0.29, 0.717) is 12.5 Å². The Labute approximate surface area is 66.8 Å². The third kappa shape index (κ3) is 2.72. The van der Waals surface area contributed by atoms with Crippen molar-refractivity contribution in [2.24, 2.45) is 11.8 Å². The van der Waals surface area contributed by atoms with Crippen LogP contribution in [-0.4, -0.2) is 17.3 Å². The minimum Gasteiger partial charge on any atom is -0.311 e. The molecule has 3 heteroatoms. The Morgan fingerprint density at radius 3 is 2.82 bits per heavy atom. The van der Waals surface area contributed by atoms with Crippen LogP contribution in [0.4, 0.5) is 0 Å². The maximum atomic E-state index is 11.1. The van der Waals surface area contributed by atoms with Gasteiger partial charge in [-0.25, -0.2) is 5.84 Å². The summed E-state index contributed by atoms with van der Waals surface area (Å²) in [6.45, 7) is 2.23. The average molecular weight is 154 g/mol. The number of ketones is 1. The molecule has 1 rings (SSSR count). The molecule has 0 bridgehead atoms. The number of nitrogens with two attached hydrogens (primary N) is 1. The van der Waals surface area contributed by atoms with E-state index < -0.39 is 0 Å². The standard InChI is InChI=1S/C8H14N2O/c1-2-5-10(9)6-8(11)7-3-4-7/h2,5,7H,3-4,6,9H2,1H3/b5-2-. The van der Waals surface area contributed by atoms with Crippen molar-refractivity contribution in [2.75, 3.05) is 6.54 Å². The van der Waals surface area contributed by atoms with Crippen LogP contribution < -0.4 is 5.84 Å². The number of carbonyl (C=O) groups excluding carboxylic acids is 1. The second-order valence-electron chi connectivity index (χ2n) is 2.90. The molecule has 0 aromatic carbocycles. The molecule has 0 unspecified atom stereocenters. The molecule has 0 amide bonds. The van der Waals surface area contributed by atoms with Gasteiger partial charge in [-0.15, -0.1) is 0 Å². The Morgan fingerprint density at radius 2 is 2.36 bits per heavy atom. The molecule has 62 valence electrons. The van der Waals surface area contributed by atoms with Gasteiger partial charge in [0.1, 0.15) is 0 Å². The second-order valence-corrected chi connectivity index (χ2v) is 2.90. The molecule has 2 N–H and O–H groups in total. The minimum atomic E-state index is 0.269. The zero-order valence-corrected chi connectivity index (χ0v) is 6.79. The Bertz CT molecular complexity index is 173. The lowest BCUT2D eigenvalue weighted by Gasteiger charge is -2.10. The van der Waals surface area contributed by atoms with Crippen LogP contribution in [0.1, 0.15) is 19.8 Å². The lowest BCUT2D eigenvalue weighted by atomic mass is 10.2. The molecular formula is C8H14N2O. The summed E-state index contributed by atoms with van der Waals surface area (Å²) in [5.41, 5.74) is 0. The van der Waals surface area contributed by atoms with E-state index in [9.17, 15) is 4.79 Å². The fourth-order valence-electron chi connectivity index (χ4n) is 0.959. The van der Waals surface area contributed by atoms with Crippen LogP contribution in [0.3, 0.4) is 0 Å². The third-order valence-electron chi connectivity index (χ3n) is 1.71. The predicted molar refractivity (Wildman–Crippen MR) is 43.4 cm³/mol. The highest BCUT2D eigenvalue weighted by Crippen LogP contribution is 2.29. The highest BCUT2D eigenvalue weighted by Gasteiger charge is 2.29. The van der Waals surface area contributed by atoms with Gasteiger partial charge in [-0.05, 0) is 19.8 Å². The molecule has 1 aliphatic rings. The van der Waals surface area contributed by atoms with Gasteiger partial charge in [-0.3, -0.25) is 4.79 Å².